The Morgan fingerprint density at radius 3 is 2.81 bits per heavy atom. The van der Waals surface area contributed by atoms with Crippen molar-refractivity contribution in [2.24, 2.45) is 0 Å². The van der Waals surface area contributed by atoms with Crippen molar-refractivity contribution in [1.29, 1.82) is 0 Å². The maximum atomic E-state index is 10.7. The summed E-state index contributed by atoms with van der Waals surface area (Å²) in [5.41, 5.74) is 1.04. The second-order valence-corrected chi connectivity index (χ2v) is 3.46. The highest BCUT2D eigenvalue weighted by Crippen LogP contribution is 2.26. The Hall–Kier alpha value is -1.95. The highest BCUT2D eigenvalue weighted by Gasteiger charge is 2.15. The van der Waals surface area contributed by atoms with Crippen molar-refractivity contribution in [3.8, 4) is 11.5 Å². The first-order chi connectivity index (χ1) is 7.58. The van der Waals surface area contributed by atoms with Gasteiger partial charge in [0.25, 0.3) is 16.9 Å². The van der Waals surface area contributed by atoms with Crippen LogP contribution < -0.4 is 0 Å². The second kappa shape index (κ2) is 3.90. The molecule has 7 heteroatoms. The van der Waals surface area contributed by atoms with Crippen molar-refractivity contribution >= 4 is 17.3 Å². The summed E-state index contributed by atoms with van der Waals surface area (Å²) >= 11 is 5.49. The third-order valence-corrected chi connectivity index (χ3v) is 2.21. The van der Waals surface area contributed by atoms with Crippen LogP contribution in [0.15, 0.2) is 22.7 Å². The Balaban J connectivity index is 2.51. The van der Waals surface area contributed by atoms with Crippen LogP contribution in [0.2, 0.25) is 5.28 Å². The molecule has 6 nitrogen and oxygen atoms in total. The lowest BCUT2D eigenvalue weighted by atomic mass is 10.1. The molecule has 0 saturated heterocycles. The van der Waals surface area contributed by atoms with Crippen LogP contribution in [0.5, 0.6) is 0 Å². The van der Waals surface area contributed by atoms with Crippen molar-refractivity contribution in [3.05, 3.63) is 39.2 Å². The van der Waals surface area contributed by atoms with Gasteiger partial charge in [-0.1, -0.05) is 6.07 Å². The van der Waals surface area contributed by atoms with Gasteiger partial charge in [-0.15, -0.1) is 0 Å². The Morgan fingerprint density at radius 2 is 2.25 bits per heavy atom. The molecule has 1 aromatic carbocycles. The molecule has 16 heavy (non-hydrogen) atoms. The summed E-state index contributed by atoms with van der Waals surface area (Å²) in [4.78, 5) is 14.0. The van der Waals surface area contributed by atoms with Gasteiger partial charge in [-0.25, -0.2) is 0 Å². The van der Waals surface area contributed by atoms with Gasteiger partial charge in [0.1, 0.15) is 0 Å². The summed E-state index contributed by atoms with van der Waals surface area (Å²) < 4.78 is 4.81. The van der Waals surface area contributed by atoms with Crippen LogP contribution in [0.4, 0.5) is 5.69 Å². The Bertz CT molecular complexity index is 553. The average molecular weight is 240 g/mol. The van der Waals surface area contributed by atoms with Gasteiger partial charge in [0.15, 0.2) is 0 Å². The molecule has 0 bridgehead atoms. The molecule has 0 saturated carbocycles. The van der Waals surface area contributed by atoms with E-state index in [0.29, 0.717) is 11.1 Å². The van der Waals surface area contributed by atoms with E-state index < -0.39 is 4.92 Å². The number of nitrogens with zero attached hydrogens (tertiary/aromatic N) is 3. The third kappa shape index (κ3) is 1.87. The summed E-state index contributed by atoms with van der Waals surface area (Å²) in [6.07, 6.45) is 0. The molecule has 0 amide bonds. The highest BCUT2D eigenvalue weighted by atomic mass is 35.5. The maximum Gasteiger partial charge on any atom is 0.273 e. The van der Waals surface area contributed by atoms with E-state index in [2.05, 4.69) is 10.1 Å². The van der Waals surface area contributed by atoms with E-state index in [-0.39, 0.29) is 16.9 Å². The summed E-state index contributed by atoms with van der Waals surface area (Å²) in [5, 5.41) is 14.1. The molecule has 2 aromatic rings. The first-order valence-electron chi connectivity index (χ1n) is 4.32. The fraction of sp³-hybridized carbons (Fsp3) is 0.111. The Morgan fingerprint density at radius 1 is 1.50 bits per heavy atom. The lowest BCUT2D eigenvalue weighted by molar-refractivity contribution is -0.385. The van der Waals surface area contributed by atoms with E-state index in [0.717, 1.165) is 0 Å². The zero-order valence-corrected chi connectivity index (χ0v) is 8.93. The SMILES string of the molecule is Cc1ccc(-c2nc(Cl)no2)cc1[N+](=O)[O-]. The predicted molar refractivity (Wildman–Crippen MR) is 56.1 cm³/mol. The molecule has 0 aliphatic rings. The van der Waals surface area contributed by atoms with Crippen LogP contribution in [-0.2, 0) is 0 Å². The minimum atomic E-state index is -0.461. The van der Waals surface area contributed by atoms with Crippen LogP contribution in [-0.4, -0.2) is 15.1 Å². The van der Waals surface area contributed by atoms with Gasteiger partial charge in [-0.05, 0) is 29.7 Å². The monoisotopic (exact) mass is 239 g/mol. The maximum absolute atomic E-state index is 10.7. The number of aryl methyl sites for hydroxylation is 1. The van der Waals surface area contributed by atoms with Crippen molar-refractivity contribution in [2.45, 2.75) is 6.92 Å². The van der Waals surface area contributed by atoms with Gasteiger partial charge in [-0.3, -0.25) is 10.1 Å². The molecule has 0 radical (unpaired) electrons. The zero-order chi connectivity index (χ0) is 11.7. The first kappa shape index (κ1) is 10.6. The molecular formula is C9H6ClN3O3. The summed E-state index contributed by atoms with van der Waals surface area (Å²) in [7, 11) is 0. The minimum Gasteiger partial charge on any atom is -0.333 e. The van der Waals surface area contributed by atoms with E-state index in [1.54, 1.807) is 19.1 Å². The van der Waals surface area contributed by atoms with Gasteiger partial charge in [-0.2, -0.15) is 4.98 Å². The zero-order valence-electron chi connectivity index (χ0n) is 8.18. The number of hydrogen-bond acceptors (Lipinski definition) is 5. The fourth-order valence-electron chi connectivity index (χ4n) is 1.26. The normalized spacial score (nSPS) is 10.4. The summed E-state index contributed by atoms with van der Waals surface area (Å²) in [6, 6.07) is 4.65. The number of halogens is 1. The quantitative estimate of drug-likeness (QED) is 0.594. The van der Waals surface area contributed by atoms with E-state index in [9.17, 15) is 10.1 Å². The number of nitro benzene ring substituents is 1. The Kier molecular flexibility index (Phi) is 2.57. The second-order valence-electron chi connectivity index (χ2n) is 3.13. The average Bonchev–Trinajstić information content (AvgIpc) is 2.65. The van der Waals surface area contributed by atoms with Crippen molar-refractivity contribution in [3.63, 3.8) is 0 Å². The van der Waals surface area contributed by atoms with Crippen molar-refractivity contribution in [2.75, 3.05) is 0 Å². The van der Waals surface area contributed by atoms with E-state index in [1.807, 2.05) is 0 Å². The van der Waals surface area contributed by atoms with Crippen LogP contribution in [0, 0.1) is 17.0 Å². The van der Waals surface area contributed by atoms with Crippen LogP contribution in [0.3, 0.4) is 0 Å². The molecular weight excluding hydrogens is 234 g/mol. The lowest BCUT2D eigenvalue weighted by Gasteiger charge is -1.98. The Labute approximate surface area is 95.0 Å². The minimum absolute atomic E-state index is 0.00632. The van der Waals surface area contributed by atoms with Gasteiger partial charge >= 0.3 is 0 Å². The summed E-state index contributed by atoms with van der Waals surface area (Å²) in [6.45, 7) is 1.66. The number of benzene rings is 1. The molecule has 0 unspecified atom stereocenters. The van der Waals surface area contributed by atoms with Gasteiger partial charge in [0.2, 0.25) is 0 Å². The number of hydrogen-bond donors (Lipinski definition) is 0. The number of nitro groups is 1. The molecule has 0 aliphatic heterocycles. The van der Waals surface area contributed by atoms with Gasteiger partial charge in [0, 0.05) is 17.2 Å². The molecule has 0 N–H and O–H groups in total. The van der Waals surface area contributed by atoms with Crippen LogP contribution in [0.1, 0.15) is 5.56 Å². The molecule has 2 rings (SSSR count). The summed E-state index contributed by atoms with van der Waals surface area (Å²) in [5.74, 6) is 0.160. The van der Waals surface area contributed by atoms with E-state index in [1.165, 1.54) is 6.07 Å². The van der Waals surface area contributed by atoms with E-state index in [4.69, 9.17) is 16.1 Å². The smallest absolute Gasteiger partial charge is 0.273 e. The number of aromatic nitrogens is 2. The fourth-order valence-corrected chi connectivity index (χ4v) is 1.37. The predicted octanol–water partition coefficient (Wildman–Crippen LogP) is 2.61. The van der Waals surface area contributed by atoms with Crippen molar-refractivity contribution < 1.29 is 9.45 Å². The van der Waals surface area contributed by atoms with Crippen LogP contribution in [0.25, 0.3) is 11.5 Å². The molecule has 0 spiro atoms. The molecule has 1 heterocycles. The largest absolute Gasteiger partial charge is 0.333 e. The number of rotatable bonds is 2. The highest BCUT2D eigenvalue weighted by molar-refractivity contribution is 6.28. The van der Waals surface area contributed by atoms with E-state index >= 15 is 0 Å². The molecule has 0 atom stereocenters. The van der Waals surface area contributed by atoms with Crippen molar-refractivity contribution in [1.82, 2.24) is 10.1 Å². The third-order valence-electron chi connectivity index (χ3n) is 2.05. The van der Waals surface area contributed by atoms with Gasteiger partial charge < -0.3 is 4.52 Å². The lowest BCUT2D eigenvalue weighted by Crippen LogP contribution is -1.92. The molecule has 82 valence electrons. The topological polar surface area (TPSA) is 82.1 Å². The van der Waals surface area contributed by atoms with Crippen LogP contribution >= 0.6 is 11.6 Å². The molecule has 0 fully saturated rings. The molecule has 0 aliphatic carbocycles. The van der Waals surface area contributed by atoms with Gasteiger partial charge in [0.05, 0.1) is 4.92 Å². The standard InChI is InChI=1S/C9H6ClN3O3/c1-5-2-3-6(4-7(5)13(14)15)8-11-9(10)12-16-8/h2-4H,1H3. The molecule has 1 aromatic heterocycles. The first-order valence-corrected chi connectivity index (χ1v) is 4.70.